The Morgan fingerprint density at radius 2 is 2.05 bits per heavy atom. The van der Waals surface area contributed by atoms with Crippen LogP contribution in [0.15, 0.2) is 24.3 Å². The highest BCUT2D eigenvalue weighted by Gasteiger charge is 2.12. The van der Waals surface area contributed by atoms with Crippen molar-refractivity contribution in [2.24, 2.45) is 0 Å². The molecule has 3 nitrogen and oxygen atoms in total. The van der Waals surface area contributed by atoms with Crippen molar-refractivity contribution in [3.63, 3.8) is 0 Å². The molecule has 0 aromatic heterocycles. The van der Waals surface area contributed by atoms with Gasteiger partial charge in [0, 0.05) is 39.0 Å². The van der Waals surface area contributed by atoms with E-state index in [2.05, 4.69) is 55.4 Å². The molecule has 1 rings (SSSR count). The molecule has 0 saturated heterocycles. The molecule has 0 spiro atoms. The van der Waals surface area contributed by atoms with Gasteiger partial charge >= 0.3 is 0 Å². The van der Waals surface area contributed by atoms with E-state index in [9.17, 15) is 0 Å². The molecule has 0 saturated carbocycles. The van der Waals surface area contributed by atoms with E-state index in [4.69, 9.17) is 4.74 Å². The first kappa shape index (κ1) is 16.0. The smallest absolute Gasteiger partial charge is 0.0479 e. The van der Waals surface area contributed by atoms with Gasteiger partial charge in [-0.3, -0.25) is 0 Å². The minimum atomic E-state index is 0.390. The summed E-state index contributed by atoms with van der Waals surface area (Å²) in [5.41, 5.74) is 2.69. The minimum Gasteiger partial charge on any atom is -0.385 e. The molecular formula is C16H28N2O. The van der Waals surface area contributed by atoms with E-state index in [1.165, 1.54) is 11.3 Å². The lowest BCUT2D eigenvalue weighted by Gasteiger charge is -2.25. The molecule has 1 atom stereocenters. The highest BCUT2D eigenvalue weighted by molar-refractivity contribution is 5.54. The fraction of sp³-hybridized carbons (Fsp3) is 0.625. The molecule has 19 heavy (non-hydrogen) atoms. The van der Waals surface area contributed by atoms with Gasteiger partial charge in [-0.05, 0) is 37.9 Å². The van der Waals surface area contributed by atoms with Gasteiger partial charge < -0.3 is 15.0 Å². The van der Waals surface area contributed by atoms with Crippen molar-refractivity contribution < 1.29 is 4.74 Å². The first-order valence-electron chi connectivity index (χ1n) is 7.23. The first-order chi connectivity index (χ1) is 9.20. The molecule has 108 valence electrons. The summed E-state index contributed by atoms with van der Waals surface area (Å²) in [6, 6.07) is 9.03. The summed E-state index contributed by atoms with van der Waals surface area (Å²) < 4.78 is 5.12. The molecule has 1 aromatic carbocycles. The Morgan fingerprint density at radius 3 is 2.74 bits per heavy atom. The second kappa shape index (κ2) is 8.94. The van der Waals surface area contributed by atoms with Crippen LogP contribution < -0.4 is 10.2 Å². The van der Waals surface area contributed by atoms with Crippen LogP contribution in [0.5, 0.6) is 0 Å². The molecular weight excluding hydrogens is 236 g/mol. The Hall–Kier alpha value is -1.06. The number of nitrogens with one attached hydrogen (secondary N) is 1. The van der Waals surface area contributed by atoms with E-state index in [0.717, 1.165) is 32.5 Å². The monoisotopic (exact) mass is 264 g/mol. The first-order valence-corrected chi connectivity index (χ1v) is 7.23. The highest BCUT2D eigenvalue weighted by Crippen LogP contribution is 2.25. The average Bonchev–Trinajstić information content (AvgIpc) is 2.45. The SMILES string of the molecule is CCCNC(C)c1ccccc1N(C)CCCOC. The lowest BCUT2D eigenvalue weighted by atomic mass is 10.0. The fourth-order valence-corrected chi connectivity index (χ4v) is 2.24. The summed E-state index contributed by atoms with van der Waals surface area (Å²) in [6.07, 6.45) is 2.22. The van der Waals surface area contributed by atoms with Crippen molar-refractivity contribution in [3.05, 3.63) is 29.8 Å². The number of hydrogen-bond acceptors (Lipinski definition) is 3. The lowest BCUT2D eigenvalue weighted by molar-refractivity contribution is 0.196. The van der Waals surface area contributed by atoms with Crippen LogP contribution in [0.1, 0.15) is 38.3 Å². The third-order valence-electron chi connectivity index (χ3n) is 3.36. The predicted octanol–water partition coefficient (Wildman–Crippen LogP) is 3.22. The van der Waals surface area contributed by atoms with Gasteiger partial charge in [0.25, 0.3) is 0 Å². The summed E-state index contributed by atoms with van der Waals surface area (Å²) in [5.74, 6) is 0. The van der Waals surface area contributed by atoms with Gasteiger partial charge in [-0.25, -0.2) is 0 Å². The van der Waals surface area contributed by atoms with Gasteiger partial charge in [-0.2, -0.15) is 0 Å². The van der Waals surface area contributed by atoms with Crippen molar-refractivity contribution in [1.82, 2.24) is 5.32 Å². The van der Waals surface area contributed by atoms with Gasteiger partial charge in [0.05, 0.1) is 0 Å². The third-order valence-corrected chi connectivity index (χ3v) is 3.36. The minimum absolute atomic E-state index is 0.390. The maximum atomic E-state index is 5.12. The Labute approximate surface area is 118 Å². The summed E-state index contributed by atoms with van der Waals surface area (Å²) in [6.45, 7) is 7.32. The Balaban J connectivity index is 2.71. The number of methoxy groups -OCH3 is 1. The molecule has 0 aliphatic carbocycles. The summed E-state index contributed by atoms with van der Waals surface area (Å²) in [5, 5.41) is 3.56. The summed E-state index contributed by atoms with van der Waals surface area (Å²) >= 11 is 0. The van der Waals surface area contributed by atoms with Crippen LogP contribution in [0.2, 0.25) is 0 Å². The molecule has 1 aromatic rings. The number of para-hydroxylation sites is 1. The molecule has 0 bridgehead atoms. The van der Waals surface area contributed by atoms with Crippen LogP contribution in [0.3, 0.4) is 0 Å². The van der Waals surface area contributed by atoms with E-state index in [1.54, 1.807) is 7.11 Å². The Morgan fingerprint density at radius 1 is 1.32 bits per heavy atom. The van der Waals surface area contributed by atoms with E-state index in [1.807, 2.05) is 0 Å². The predicted molar refractivity (Wildman–Crippen MR) is 82.9 cm³/mol. The lowest BCUT2D eigenvalue weighted by Crippen LogP contribution is -2.25. The Kier molecular flexibility index (Phi) is 7.53. The molecule has 0 radical (unpaired) electrons. The van der Waals surface area contributed by atoms with Gasteiger partial charge in [-0.15, -0.1) is 0 Å². The van der Waals surface area contributed by atoms with Crippen LogP contribution in [-0.4, -0.2) is 33.9 Å². The summed E-state index contributed by atoms with van der Waals surface area (Å²) in [7, 11) is 3.91. The van der Waals surface area contributed by atoms with E-state index in [-0.39, 0.29) is 0 Å². The molecule has 1 unspecified atom stereocenters. The maximum absolute atomic E-state index is 5.12. The molecule has 3 heteroatoms. The topological polar surface area (TPSA) is 24.5 Å². The zero-order valence-corrected chi connectivity index (χ0v) is 12.8. The fourth-order valence-electron chi connectivity index (χ4n) is 2.24. The quantitative estimate of drug-likeness (QED) is 0.693. The van der Waals surface area contributed by atoms with Crippen molar-refractivity contribution >= 4 is 5.69 Å². The highest BCUT2D eigenvalue weighted by atomic mass is 16.5. The number of anilines is 1. The van der Waals surface area contributed by atoms with E-state index in [0.29, 0.717) is 6.04 Å². The number of hydrogen-bond donors (Lipinski definition) is 1. The molecule has 0 aliphatic heterocycles. The normalized spacial score (nSPS) is 12.4. The van der Waals surface area contributed by atoms with Crippen molar-refractivity contribution in [1.29, 1.82) is 0 Å². The zero-order valence-electron chi connectivity index (χ0n) is 12.8. The van der Waals surface area contributed by atoms with Gasteiger partial charge in [-0.1, -0.05) is 25.1 Å². The average molecular weight is 264 g/mol. The van der Waals surface area contributed by atoms with E-state index < -0.39 is 0 Å². The van der Waals surface area contributed by atoms with E-state index >= 15 is 0 Å². The van der Waals surface area contributed by atoms with Crippen LogP contribution >= 0.6 is 0 Å². The van der Waals surface area contributed by atoms with Crippen molar-refractivity contribution in [3.8, 4) is 0 Å². The van der Waals surface area contributed by atoms with Crippen LogP contribution in [0, 0.1) is 0 Å². The van der Waals surface area contributed by atoms with Crippen LogP contribution in [-0.2, 0) is 4.74 Å². The van der Waals surface area contributed by atoms with Crippen LogP contribution in [0.25, 0.3) is 0 Å². The number of benzene rings is 1. The Bertz CT molecular complexity index is 354. The zero-order chi connectivity index (χ0) is 14.1. The largest absolute Gasteiger partial charge is 0.385 e. The molecule has 1 N–H and O–H groups in total. The molecule has 0 aliphatic rings. The molecule has 0 heterocycles. The number of rotatable bonds is 9. The molecule has 0 fully saturated rings. The second-order valence-electron chi connectivity index (χ2n) is 5.00. The van der Waals surface area contributed by atoms with Crippen molar-refractivity contribution in [2.75, 3.05) is 38.8 Å². The number of nitrogens with zero attached hydrogens (tertiary/aromatic N) is 1. The van der Waals surface area contributed by atoms with Gasteiger partial charge in [0.1, 0.15) is 0 Å². The van der Waals surface area contributed by atoms with Crippen molar-refractivity contribution in [2.45, 2.75) is 32.7 Å². The number of ether oxygens (including phenoxy) is 1. The third kappa shape index (κ3) is 5.21. The van der Waals surface area contributed by atoms with Crippen LogP contribution in [0.4, 0.5) is 5.69 Å². The summed E-state index contributed by atoms with van der Waals surface area (Å²) in [4.78, 5) is 2.32. The van der Waals surface area contributed by atoms with Gasteiger partial charge in [0.2, 0.25) is 0 Å². The standard InChI is InChI=1S/C16H28N2O/c1-5-11-17-14(2)15-9-6-7-10-16(15)18(3)12-8-13-19-4/h6-7,9-10,14,17H,5,8,11-13H2,1-4H3. The maximum Gasteiger partial charge on any atom is 0.0479 e. The van der Waals surface area contributed by atoms with Gasteiger partial charge in [0.15, 0.2) is 0 Å². The molecule has 0 amide bonds. The second-order valence-corrected chi connectivity index (χ2v) is 5.00.